The summed E-state index contributed by atoms with van der Waals surface area (Å²) in [5, 5.41) is 10.4. The number of anilines is 1. The number of benzene rings is 1. The Morgan fingerprint density at radius 1 is 1.18 bits per heavy atom. The standard InChI is InChI=1S/C17H17N3OS/c21-9-8-20(13-6-7-13)16-14-10-15(12-4-2-1-3-5-12)22-17(14)19-11-18-16/h1-5,10-11,13,21H,6-9H2. The molecule has 5 heteroatoms. The van der Waals surface area contributed by atoms with Gasteiger partial charge < -0.3 is 10.0 Å². The second-order valence-corrected chi connectivity index (χ2v) is 6.57. The molecule has 0 spiro atoms. The van der Waals surface area contributed by atoms with Gasteiger partial charge >= 0.3 is 0 Å². The number of fused-ring (bicyclic) bond motifs is 1. The van der Waals surface area contributed by atoms with Crippen molar-refractivity contribution in [3.05, 3.63) is 42.7 Å². The van der Waals surface area contributed by atoms with Crippen molar-refractivity contribution >= 4 is 27.4 Å². The molecular weight excluding hydrogens is 294 g/mol. The smallest absolute Gasteiger partial charge is 0.141 e. The highest BCUT2D eigenvalue weighted by Crippen LogP contribution is 2.39. The van der Waals surface area contributed by atoms with Crippen molar-refractivity contribution in [1.82, 2.24) is 9.97 Å². The van der Waals surface area contributed by atoms with Gasteiger partial charge in [-0.05, 0) is 24.5 Å². The predicted octanol–water partition coefficient (Wildman–Crippen LogP) is 3.32. The molecule has 0 saturated heterocycles. The van der Waals surface area contributed by atoms with E-state index >= 15 is 0 Å². The number of aliphatic hydroxyl groups excluding tert-OH is 1. The maximum atomic E-state index is 9.35. The number of aliphatic hydroxyl groups is 1. The minimum atomic E-state index is 0.150. The Bertz CT molecular complexity index is 783. The summed E-state index contributed by atoms with van der Waals surface area (Å²) in [6, 6.07) is 13.1. The summed E-state index contributed by atoms with van der Waals surface area (Å²) in [7, 11) is 0. The maximum Gasteiger partial charge on any atom is 0.141 e. The maximum absolute atomic E-state index is 9.35. The number of aromatic nitrogens is 2. The summed E-state index contributed by atoms with van der Waals surface area (Å²) in [5.74, 6) is 0.958. The zero-order valence-electron chi connectivity index (χ0n) is 12.1. The van der Waals surface area contributed by atoms with E-state index in [4.69, 9.17) is 0 Å². The minimum Gasteiger partial charge on any atom is -0.395 e. The molecule has 0 aliphatic heterocycles. The third-order valence-electron chi connectivity index (χ3n) is 3.97. The van der Waals surface area contributed by atoms with Crippen molar-refractivity contribution in [2.45, 2.75) is 18.9 Å². The van der Waals surface area contributed by atoms with E-state index in [0.29, 0.717) is 12.6 Å². The fourth-order valence-corrected chi connectivity index (χ4v) is 3.77. The Labute approximate surface area is 133 Å². The molecule has 0 bridgehead atoms. The molecule has 1 aliphatic rings. The number of nitrogens with zero attached hydrogens (tertiary/aromatic N) is 3. The van der Waals surface area contributed by atoms with Crippen LogP contribution in [0.5, 0.6) is 0 Å². The number of thiophene rings is 1. The first-order chi connectivity index (χ1) is 10.9. The number of hydrogen-bond donors (Lipinski definition) is 1. The first-order valence-corrected chi connectivity index (χ1v) is 8.36. The predicted molar refractivity (Wildman–Crippen MR) is 90.3 cm³/mol. The molecule has 2 heterocycles. The van der Waals surface area contributed by atoms with Crippen molar-refractivity contribution in [2.24, 2.45) is 0 Å². The molecule has 1 saturated carbocycles. The molecule has 3 aromatic rings. The van der Waals surface area contributed by atoms with Gasteiger partial charge in [0.15, 0.2) is 0 Å². The second-order valence-electron chi connectivity index (χ2n) is 5.54. The molecule has 4 nitrogen and oxygen atoms in total. The van der Waals surface area contributed by atoms with Gasteiger partial charge in [-0.15, -0.1) is 11.3 Å². The molecule has 0 atom stereocenters. The average molecular weight is 311 g/mol. The molecule has 112 valence electrons. The summed E-state index contributed by atoms with van der Waals surface area (Å²) in [6.07, 6.45) is 4.00. The van der Waals surface area contributed by atoms with Crippen LogP contribution >= 0.6 is 11.3 Å². The van der Waals surface area contributed by atoms with Crippen molar-refractivity contribution in [3.8, 4) is 10.4 Å². The second kappa shape index (κ2) is 5.66. The summed E-state index contributed by atoms with van der Waals surface area (Å²) in [6.45, 7) is 0.783. The van der Waals surface area contributed by atoms with Crippen LogP contribution in [-0.4, -0.2) is 34.3 Å². The molecule has 0 unspecified atom stereocenters. The Hall–Kier alpha value is -1.98. The molecule has 0 amide bonds. The van der Waals surface area contributed by atoms with E-state index in [0.717, 1.165) is 16.0 Å². The lowest BCUT2D eigenvalue weighted by atomic mass is 10.2. The molecule has 4 rings (SSSR count). The molecule has 0 radical (unpaired) electrons. The summed E-state index contributed by atoms with van der Waals surface area (Å²) >= 11 is 1.69. The van der Waals surface area contributed by atoms with Gasteiger partial charge in [0.25, 0.3) is 0 Å². The van der Waals surface area contributed by atoms with Crippen molar-refractivity contribution < 1.29 is 5.11 Å². The Balaban J connectivity index is 1.81. The van der Waals surface area contributed by atoms with Crippen LogP contribution < -0.4 is 4.90 Å². The molecule has 1 aliphatic carbocycles. The third-order valence-corrected chi connectivity index (χ3v) is 5.06. The van der Waals surface area contributed by atoms with Gasteiger partial charge in [-0.1, -0.05) is 30.3 Å². The van der Waals surface area contributed by atoms with E-state index in [9.17, 15) is 5.11 Å². The van der Waals surface area contributed by atoms with Gasteiger partial charge in [-0.25, -0.2) is 9.97 Å². The van der Waals surface area contributed by atoms with Gasteiger partial charge in [0.1, 0.15) is 17.0 Å². The zero-order chi connectivity index (χ0) is 14.9. The lowest BCUT2D eigenvalue weighted by Crippen LogP contribution is -2.29. The zero-order valence-corrected chi connectivity index (χ0v) is 13.0. The van der Waals surface area contributed by atoms with Gasteiger partial charge in [0.05, 0.1) is 12.0 Å². The summed E-state index contributed by atoms with van der Waals surface area (Å²) in [4.78, 5) is 13.4. The van der Waals surface area contributed by atoms with Gasteiger partial charge in [0, 0.05) is 17.5 Å². The minimum absolute atomic E-state index is 0.150. The Kier molecular flexibility index (Phi) is 3.52. The fourth-order valence-electron chi connectivity index (χ4n) is 2.77. The molecule has 2 aromatic heterocycles. The van der Waals surface area contributed by atoms with E-state index in [1.807, 2.05) is 6.07 Å². The van der Waals surface area contributed by atoms with Crippen LogP contribution in [0, 0.1) is 0 Å². The summed E-state index contributed by atoms with van der Waals surface area (Å²) in [5.41, 5.74) is 1.21. The first-order valence-electron chi connectivity index (χ1n) is 7.54. The highest BCUT2D eigenvalue weighted by Gasteiger charge is 2.31. The SMILES string of the molecule is OCCN(c1ncnc2sc(-c3ccccc3)cc12)C1CC1. The Morgan fingerprint density at radius 2 is 2.00 bits per heavy atom. The van der Waals surface area contributed by atoms with E-state index in [2.05, 4.69) is 45.2 Å². The van der Waals surface area contributed by atoms with E-state index in [1.54, 1.807) is 17.7 Å². The van der Waals surface area contributed by atoms with Crippen LogP contribution in [-0.2, 0) is 0 Å². The average Bonchev–Trinajstić information content (AvgIpc) is 3.30. The molecule has 1 aromatic carbocycles. The molecular formula is C17H17N3OS. The van der Waals surface area contributed by atoms with E-state index in [-0.39, 0.29) is 6.61 Å². The third kappa shape index (κ3) is 2.46. The van der Waals surface area contributed by atoms with Crippen LogP contribution in [0.1, 0.15) is 12.8 Å². The van der Waals surface area contributed by atoms with Crippen LogP contribution in [0.3, 0.4) is 0 Å². The summed E-state index contributed by atoms with van der Waals surface area (Å²) < 4.78 is 0. The van der Waals surface area contributed by atoms with Crippen LogP contribution in [0.15, 0.2) is 42.7 Å². The Morgan fingerprint density at radius 3 is 2.73 bits per heavy atom. The lowest BCUT2D eigenvalue weighted by molar-refractivity contribution is 0.301. The highest BCUT2D eigenvalue weighted by atomic mass is 32.1. The highest BCUT2D eigenvalue weighted by molar-refractivity contribution is 7.21. The largest absolute Gasteiger partial charge is 0.395 e. The fraction of sp³-hybridized carbons (Fsp3) is 0.294. The first kappa shape index (κ1) is 13.7. The van der Waals surface area contributed by atoms with Crippen molar-refractivity contribution in [1.29, 1.82) is 0 Å². The lowest BCUT2D eigenvalue weighted by Gasteiger charge is -2.22. The van der Waals surface area contributed by atoms with Crippen molar-refractivity contribution in [3.63, 3.8) is 0 Å². The topological polar surface area (TPSA) is 49.2 Å². The molecule has 1 fully saturated rings. The van der Waals surface area contributed by atoms with Crippen molar-refractivity contribution in [2.75, 3.05) is 18.1 Å². The van der Waals surface area contributed by atoms with Crippen LogP contribution in [0.4, 0.5) is 5.82 Å². The quantitative estimate of drug-likeness (QED) is 0.785. The normalized spacial score (nSPS) is 14.4. The van der Waals surface area contributed by atoms with E-state index < -0.39 is 0 Å². The van der Waals surface area contributed by atoms with Gasteiger partial charge in [-0.3, -0.25) is 0 Å². The molecule has 1 N–H and O–H groups in total. The van der Waals surface area contributed by atoms with Crippen LogP contribution in [0.25, 0.3) is 20.7 Å². The van der Waals surface area contributed by atoms with E-state index in [1.165, 1.54) is 23.3 Å². The molecule has 22 heavy (non-hydrogen) atoms. The van der Waals surface area contributed by atoms with Gasteiger partial charge in [0.2, 0.25) is 0 Å². The monoisotopic (exact) mass is 311 g/mol. The number of hydrogen-bond acceptors (Lipinski definition) is 5. The van der Waals surface area contributed by atoms with Crippen LogP contribution in [0.2, 0.25) is 0 Å². The van der Waals surface area contributed by atoms with Gasteiger partial charge in [-0.2, -0.15) is 0 Å². The number of rotatable bonds is 5.